The number of hydrogen-bond acceptors (Lipinski definition) is 4. The van der Waals surface area contributed by atoms with Crippen molar-refractivity contribution in [2.45, 2.75) is 72.1 Å². The van der Waals surface area contributed by atoms with Crippen LogP contribution in [0.15, 0.2) is 22.0 Å². The summed E-state index contributed by atoms with van der Waals surface area (Å²) in [4.78, 5) is 0. The van der Waals surface area contributed by atoms with E-state index in [1.807, 2.05) is 0 Å². The average Bonchev–Trinajstić information content (AvgIpc) is 2.98. The molecule has 3 fully saturated rings. The summed E-state index contributed by atoms with van der Waals surface area (Å²) in [6.07, 6.45) is 13.7. The molecule has 0 aromatic rings. The second-order valence-electron chi connectivity index (χ2n) is 9.95. The van der Waals surface area contributed by atoms with Gasteiger partial charge in [0, 0.05) is 6.21 Å². The van der Waals surface area contributed by atoms with Gasteiger partial charge in [0.15, 0.2) is 0 Å². The Morgan fingerprint density at radius 2 is 1.88 bits per heavy atom. The van der Waals surface area contributed by atoms with Gasteiger partial charge in [-0.2, -0.15) is 0 Å². The van der Waals surface area contributed by atoms with Crippen molar-refractivity contribution >= 4 is 11.9 Å². The van der Waals surface area contributed by atoms with Gasteiger partial charge in [0.05, 0.1) is 5.71 Å². The fraction of sp³-hybridized carbons (Fsp3) is 0.818. The number of allylic oxidation sites excluding steroid dienone is 2. The van der Waals surface area contributed by atoms with Crippen molar-refractivity contribution < 1.29 is 10.4 Å². The molecule has 4 aliphatic carbocycles. The van der Waals surface area contributed by atoms with Crippen molar-refractivity contribution in [3.63, 3.8) is 0 Å². The topological polar surface area (TPSA) is 65.2 Å². The average molecular weight is 359 g/mol. The molecule has 0 aliphatic heterocycles. The molecule has 4 heteroatoms. The third-order valence-electron chi connectivity index (χ3n) is 9.12. The van der Waals surface area contributed by atoms with E-state index in [1.165, 1.54) is 44.1 Å². The van der Waals surface area contributed by atoms with Crippen LogP contribution in [0.1, 0.15) is 72.1 Å². The van der Waals surface area contributed by atoms with Crippen molar-refractivity contribution in [3.05, 3.63) is 11.6 Å². The van der Waals surface area contributed by atoms with Gasteiger partial charge in [0.2, 0.25) is 0 Å². The summed E-state index contributed by atoms with van der Waals surface area (Å²) in [7, 11) is 0. The summed E-state index contributed by atoms with van der Waals surface area (Å²) >= 11 is 0. The first kappa shape index (κ1) is 18.1. The summed E-state index contributed by atoms with van der Waals surface area (Å²) in [5.41, 5.74) is 3.10. The molecule has 3 saturated carbocycles. The first-order valence-electron chi connectivity index (χ1n) is 10.5. The molecule has 4 nitrogen and oxygen atoms in total. The Bertz CT molecular complexity index is 655. The second kappa shape index (κ2) is 6.38. The molecule has 0 aromatic heterocycles. The Labute approximate surface area is 157 Å². The van der Waals surface area contributed by atoms with Gasteiger partial charge in [-0.1, -0.05) is 31.5 Å². The smallest absolute Gasteiger partial charge is 0.0795 e. The van der Waals surface area contributed by atoms with Crippen LogP contribution in [0.4, 0.5) is 0 Å². The summed E-state index contributed by atoms with van der Waals surface area (Å²) in [6.45, 7) is 7.24. The maximum atomic E-state index is 9.19. The van der Waals surface area contributed by atoms with Gasteiger partial charge < -0.3 is 10.4 Å². The molecule has 0 saturated heterocycles. The molecule has 0 heterocycles. The zero-order chi connectivity index (χ0) is 18.5. The molecule has 4 rings (SSSR count). The van der Waals surface area contributed by atoms with Crippen molar-refractivity contribution in [2.75, 3.05) is 0 Å². The van der Waals surface area contributed by atoms with Crippen molar-refractivity contribution in [3.8, 4) is 0 Å². The van der Waals surface area contributed by atoms with Gasteiger partial charge in [-0.15, -0.1) is 5.16 Å². The Morgan fingerprint density at radius 3 is 2.62 bits per heavy atom. The zero-order valence-corrected chi connectivity index (χ0v) is 16.5. The van der Waals surface area contributed by atoms with Crippen molar-refractivity contribution in [1.29, 1.82) is 0 Å². The number of hydrogen-bond donors (Lipinski definition) is 2. The minimum absolute atomic E-state index is 0.300. The lowest BCUT2D eigenvalue weighted by atomic mass is 9.46. The first-order chi connectivity index (χ1) is 12.4. The van der Waals surface area contributed by atoms with Crippen LogP contribution in [0.25, 0.3) is 0 Å². The monoisotopic (exact) mass is 358 g/mol. The van der Waals surface area contributed by atoms with Crippen LogP contribution in [0.2, 0.25) is 0 Å². The van der Waals surface area contributed by atoms with Crippen LogP contribution in [-0.4, -0.2) is 22.3 Å². The van der Waals surface area contributed by atoms with E-state index in [2.05, 4.69) is 37.2 Å². The number of rotatable bonds is 2. The van der Waals surface area contributed by atoms with Gasteiger partial charge in [-0.25, -0.2) is 0 Å². The fourth-order valence-corrected chi connectivity index (χ4v) is 7.76. The predicted molar refractivity (Wildman–Crippen MR) is 104 cm³/mol. The van der Waals surface area contributed by atoms with Gasteiger partial charge >= 0.3 is 0 Å². The molecule has 0 unspecified atom stereocenters. The van der Waals surface area contributed by atoms with E-state index < -0.39 is 0 Å². The highest BCUT2D eigenvalue weighted by atomic mass is 16.4. The molecule has 0 radical (unpaired) electrons. The van der Waals surface area contributed by atoms with Crippen LogP contribution in [0.5, 0.6) is 0 Å². The van der Waals surface area contributed by atoms with Crippen LogP contribution >= 0.6 is 0 Å². The predicted octanol–water partition coefficient (Wildman–Crippen LogP) is 5.49. The SMILES string of the molecule is C[C@@H](/C=N/O)[C@H]1CC[C@H]2[C@@H]3CCC4=CC(=NO)CC[C@]4(C)[C@H]3CC[C@]12C. The molecular weight excluding hydrogens is 324 g/mol. The molecular formula is C22H34N2O2. The van der Waals surface area contributed by atoms with E-state index in [0.717, 1.165) is 36.3 Å². The maximum absolute atomic E-state index is 9.19. The Kier molecular flexibility index (Phi) is 4.44. The van der Waals surface area contributed by atoms with E-state index in [0.29, 0.717) is 22.7 Å². The minimum Gasteiger partial charge on any atom is -0.411 e. The highest BCUT2D eigenvalue weighted by molar-refractivity contribution is 5.96. The van der Waals surface area contributed by atoms with Gasteiger partial charge in [0.25, 0.3) is 0 Å². The standard InChI is InChI=1S/C22H34N2O2/c1-14(13-23-25)18-6-7-19-17-5-4-15-12-16(24-26)8-10-21(15,2)20(17)9-11-22(18,19)3/h12-14,17-20,25-26H,4-11H2,1-3H3/b23-13+,24-16?/t14-,17-,18+,19-,20-,21-,22+/m0/s1. The zero-order valence-electron chi connectivity index (χ0n) is 16.5. The highest BCUT2D eigenvalue weighted by Crippen LogP contribution is 2.67. The van der Waals surface area contributed by atoms with E-state index in [9.17, 15) is 5.21 Å². The number of oxime groups is 2. The molecule has 4 aliphatic rings. The molecule has 26 heavy (non-hydrogen) atoms. The van der Waals surface area contributed by atoms with E-state index in [-0.39, 0.29) is 0 Å². The summed E-state index contributed by atoms with van der Waals surface area (Å²) < 4.78 is 0. The third-order valence-corrected chi connectivity index (χ3v) is 9.12. The Hall–Kier alpha value is -1.32. The largest absolute Gasteiger partial charge is 0.411 e. The van der Waals surface area contributed by atoms with Crippen LogP contribution in [0.3, 0.4) is 0 Å². The third kappa shape index (κ3) is 2.47. The van der Waals surface area contributed by atoms with Crippen LogP contribution < -0.4 is 0 Å². The quantitative estimate of drug-likeness (QED) is 0.389. The second-order valence-corrected chi connectivity index (χ2v) is 9.95. The number of fused-ring (bicyclic) bond motifs is 5. The van der Waals surface area contributed by atoms with E-state index >= 15 is 0 Å². The molecule has 7 atom stereocenters. The van der Waals surface area contributed by atoms with E-state index in [1.54, 1.807) is 6.21 Å². The first-order valence-corrected chi connectivity index (χ1v) is 10.5. The minimum atomic E-state index is 0.300. The summed E-state index contributed by atoms with van der Waals surface area (Å²) in [6, 6.07) is 0. The Balaban J connectivity index is 1.62. The Morgan fingerprint density at radius 1 is 1.08 bits per heavy atom. The molecule has 2 N–H and O–H groups in total. The van der Waals surface area contributed by atoms with E-state index in [4.69, 9.17) is 5.21 Å². The van der Waals surface area contributed by atoms with Crippen LogP contribution in [-0.2, 0) is 0 Å². The molecule has 0 aromatic carbocycles. The normalized spacial score (nSPS) is 48.0. The van der Waals surface area contributed by atoms with Gasteiger partial charge in [-0.3, -0.25) is 0 Å². The lowest BCUT2D eigenvalue weighted by Crippen LogP contribution is -2.51. The lowest BCUT2D eigenvalue weighted by molar-refractivity contribution is -0.0526. The molecule has 0 bridgehead atoms. The molecule has 144 valence electrons. The van der Waals surface area contributed by atoms with Gasteiger partial charge in [0.1, 0.15) is 0 Å². The summed E-state index contributed by atoms with van der Waals surface area (Å²) in [5.74, 6) is 3.42. The molecule has 0 spiro atoms. The molecule has 0 amide bonds. The van der Waals surface area contributed by atoms with Crippen molar-refractivity contribution in [2.24, 2.45) is 50.7 Å². The number of nitrogens with zero attached hydrogens (tertiary/aromatic N) is 2. The lowest BCUT2D eigenvalue weighted by Gasteiger charge is -2.58. The fourth-order valence-electron chi connectivity index (χ4n) is 7.76. The van der Waals surface area contributed by atoms with Gasteiger partial charge in [-0.05, 0) is 97.9 Å². The maximum Gasteiger partial charge on any atom is 0.0795 e. The summed E-state index contributed by atoms with van der Waals surface area (Å²) in [5, 5.41) is 25.0. The van der Waals surface area contributed by atoms with Crippen LogP contribution in [0, 0.1) is 40.4 Å². The highest BCUT2D eigenvalue weighted by Gasteiger charge is 2.59. The van der Waals surface area contributed by atoms with Crippen molar-refractivity contribution in [1.82, 2.24) is 0 Å².